The van der Waals surface area contributed by atoms with Gasteiger partial charge in [-0.15, -0.1) is 11.3 Å². The van der Waals surface area contributed by atoms with Gasteiger partial charge in [0.2, 0.25) is 0 Å². The molecule has 21 heavy (non-hydrogen) atoms. The molecule has 5 nitrogen and oxygen atoms in total. The summed E-state index contributed by atoms with van der Waals surface area (Å²) in [4.78, 5) is 27.2. The number of thiazole rings is 1. The van der Waals surface area contributed by atoms with E-state index in [4.69, 9.17) is 5.11 Å². The van der Waals surface area contributed by atoms with Crippen molar-refractivity contribution in [2.45, 2.75) is 26.8 Å². The summed E-state index contributed by atoms with van der Waals surface area (Å²) in [6.45, 7) is 5.56. The van der Waals surface area contributed by atoms with Crippen LogP contribution in [0.25, 0.3) is 0 Å². The van der Waals surface area contributed by atoms with Gasteiger partial charge in [0, 0.05) is 10.9 Å². The van der Waals surface area contributed by atoms with Gasteiger partial charge in [0.05, 0.1) is 6.04 Å². The highest BCUT2D eigenvalue weighted by molar-refractivity contribution is 7.09. The van der Waals surface area contributed by atoms with Crippen molar-refractivity contribution < 1.29 is 14.7 Å². The van der Waals surface area contributed by atoms with E-state index in [1.54, 1.807) is 6.92 Å². The Kier molecular flexibility index (Phi) is 4.37. The summed E-state index contributed by atoms with van der Waals surface area (Å²) in [5, 5.41) is 13.8. The third-order valence-corrected chi connectivity index (χ3v) is 4.19. The zero-order valence-corrected chi connectivity index (χ0v) is 12.8. The van der Waals surface area contributed by atoms with Crippen LogP contribution >= 0.6 is 11.3 Å². The van der Waals surface area contributed by atoms with Crippen LogP contribution in [-0.4, -0.2) is 22.0 Å². The van der Waals surface area contributed by atoms with E-state index in [-0.39, 0.29) is 17.6 Å². The van der Waals surface area contributed by atoms with Crippen LogP contribution in [-0.2, 0) is 0 Å². The number of rotatable bonds is 4. The molecule has 0 saturated carbocycles. The molecule has 0 spiro atoms. The number of carboxylic acids is 1. The van der Waals surface area contributed by atoms with Crippen LogP contribution < -0.4 is 5.32 Å². The molecule has 0 saturated heterocycles. The summed E-state index contributed by atoms with van der Waals surface area (Å²) in [6.07, 6.45) is 0. The maximum Gasteiger partial charge on any atom is 0.355 e. The molecule has 0 fully saturated rings. The number of carbonyl (C=O) groups excluding carboxylic acids is 1. The average molecular weight is 304 g/mol. The third kappa shape index (κ3) is 3.28. The lowest BCUT2D eigenvalue weighted by molar-refractivity contribution is 0.0691. The standard InChI is InChI=1S/C15H16N2O3S/c1-8-5-4-6-9(2)12(8)13(18)16-10(3)14-17-11(7-21-14)15(19)20/h4-7,10H,1-3H3,(H,16,18)(H,19,20). The van der Waals surface area contributed by atoms with E-state index in [0.717, 1.165) is 11.1 Å². The summed E-state index contributed by atoms with van der Waals surface area (Å²) >= 11 is 1.22. The Hall–Kier alpha value is -2.21. The summed E-state index contributed by atoms with van der Waals surface area (Å²) in [7, 11) is 0. The largest absolute Gasteiger partial charge is 0.476 e. The second-order valence-corrected chi connectivity index (χ2v) is 5.73. The Morgan fingerprint density at radius 1 is 1.29 bits per heavy atom. The summed E-state index contributed by atoms with van der Waals surface area (Å²) in [6, 6.07) is 5.34. The molecule has 1 atom stereocenters. The summed E-state index contributed by atoms with van der Waals surface area (Å²) in [5.41, 5.74) is 2.47. The van der Waals surface area contributed by atoms with Crippen LogP contribution in [0.4, 0.5) is 0 Å². The molecule has 1 amide bonds. The fourth-order valence-electron chi connectivity index (χ4n) is 2.09. The van der Waals surface area contributed by atoms with E-state index in [9.17, 15) is 9.59 Å². The topological polar surface area (TPSA) is 79.3 Å². The number of aromatic nitrogens is 1. The molecule has 0 aliphatic rings. The van der Waals surface area contributed by atoms with Gasteiger partial charge >= 0.3 is 5.97 Å². The second kappa shape index (κ2) is 6.05. The zero-order chi connectivity index (χ0) is 15.6. The van der Waals surface area contributed by atoms with Crippen molar-refractivity contribution in [2.75, 3.05) is 0 Å². The predicted molar refractivity (Wildman–Crippen MR) is 80.9 cm³/mol. The normalized spacial score (nSPS) is 12.0. The third-order valence-electron chi connectivity index (χ3n) is 3.17. The van der Waals surface area contributed by atoms with Gasteiger partial charge in [0.15, 0.2) is 5.69 Å². The second-order valence-electron chi connectivity index (χ2n) is 4.84. The van der Waals surface area contributed by atoms with Gasteiger partial charge in [0.25, 0.3) is 5.91 Å². The highest BCUT2D eigenvalue weighted by Gasteiger charge is 2.18. The number of aromatic carboxylic acids is 1. The molecule has 2 aromatic rings. The van der Waals surface area contributed by atoms with Crippen molar-refractivity contribution in [1.82, 2.24) is 10.3 Å². The molecule has 0 radical (unpaired) electrons. The van der Waals surface area contributed by atoms with Crippen molar-refractivity contribution in [2.24, 2.45) is 0 Å². The number of nitrogens with zero attached hydrogens (tertiary/aromatic N) is 1. The first-order chi connectivity index (χ1) is 9.90. The molecule has 0 bridgehead atoms. The minimum absolute atomic E-state index is 0.00294. The quantitative estimate of drug-likeness (QED) is 0.910. The predicted octanol–water partition coefficient (Wildman–Crippen LogP) is 2.95. The van der Waals surface area contributed by atoms with E-state index >= 15 is 0 Å². The highest BCUT2D eigenvalue weighted by Crippen LogP contribution is 2.20. The Balaban J connectivity index is 2.17. The molecule has 6 heteroatoms. The number of hydrogen-bond donors (Lipinski definition) is 2. The molecule has 110 valence electrons. The number of carboxylic acid groups (broad SMARTS) is 1. The minimum Gasteiger partial charge on any atom is -0.476 e. The average Bonchev–Trinajstić information content (AvgIpc) is 2.88. The smallest absolute Gasteiger partial charge is 0.355 e. The van der Waals surface area contributed by atoms with E-state index in [0.29, 0.717) is 10.6 Å². The van der Waals surface area contributed by atoms with Crippen LogP contribution in [0.2, 0.25) is 0 Å². The fourth-order valence-corrected chi connectivity index (χ4v) is 2.89. The molecule has 2 N–H and O–H groups in total. The zero-order valence-electron chi connectivity index (χ0n) is 12.0. The molecule has 0 aliphatic heterocycles. The van der Waals surface area contributed by atoms with Gasteiger partial charge in [-0.2, -0.15) is 0 Å². The molecule has 1 aromatic carbocycles. The van der Waals surface area contributed by atoms with Crippen molar-refractivity contribution in [1.29, 1.82) is 0 Å². The number of benzene rings is 1. The van der Waals surface area contributed by atoms with E-state index in [1.807, 2.05) is 32.0 Å². The molecular formula is C15H16N2O3S. The maximum atomic E-state index is 12.4. The van der Waals surface area contributed by atoms with Crippen molar-refractivity contribution in [3.05, 3.63) is 51.0 Å². The van der Waals surface area contributed by atoms with E-state index in [2.05, 4.69) is 10.3 Å². The number of amides is 1. The lowest BCUT2D eigenvalue weighted by Gasteiger charge is -2.14. The van der Waals surface area contributed by atoms with Crippen molar-refractivity contribution >= 4 is 23.2 Å². The van der Waals surface area contributed by atoms with Crippen LogP contribution in [0, 0.1) is 13.8 Å². The fraction of sp³-hybridized carbons (Fsp3) is 0.267. The van der Waals surface area contributed by atoms with Gasteiger partial charge in [-0.1, -0.05) is 18.2 Å². The first kappa shape index (κ1) is 15.2. The van der Waals surface area contributed by atoms with Crippen LogP contribution in [0.5, 0.6) is 0 Å². The van der Waals surface area contributed by atoms with E-state index in [1.165, 1.54) is 16.7 Å². The van der Waals surface area contributed by atoms with Crippen LogP contribution in [0.1, 0.15) is 49.9 Å². The first-order valence-corrected chi connectivity index (χ1v) is 7.34. The Bertz CT molecular complexity index is 674. The summed E-state index contributed by atoms with van der Waals surface area (Å²) < 4.78 is 0. The first-order valence-electron chi connectivity index (χ1n) is 6.46. The minimum atomic E-state index is -1.06. The van der Waals surface area contributed by atoms with Gasteiger partial charge in [-0.3, -0.25) is 4.79 Å². The van der Waals surface area contributed by atoms with Crippen LogP contribution in [0.3, 0.4) is 0 Å². The molecule has 0 aliphatic carbocycles. The van der Waals surface area contributed by atoms with Crippen molar-refractivity contribution in [3.8, 4) is 0 Å². The van der Waals surface area contributed by atoms with Gasteiger partial charge < -0.3 is 10.4 Å². The molecule has 1 heterocycles. The number of nitrogens with one attached hydrogen (secondary N) is 1. The Morgan fingerprint density at radius 2 is 1.90 bits per heavy atom. The van der Waals surface area contributed by atoms with E-state index < -0.39 is 5.97 Å². The lowest BCUT2D eigenvalue weighted by Crippen LogP contribution is -2.28. The monoisotopic (exact) mass is 304 g/mol. The Morgan fingerprint density at radius 3 is 2.43 bits per heavy atom. The van der Waals surface area contributed by atoms with Gasteiger partial charge in [-0.05, 0) is 31.9 Å². The van der Waals surface area contributed by atoms with Gasteiger partial charge in [0.1, 0.15) is 5.01 Å². The number of aryl methyl sites for hydroxylation is 2. The maximum absolute atomic E-state index is 12.4. The number of hydrogen-bond acceptors (Lipinski definition) is 4. The highest BCUT2D eigenvalue weighted by atomic mass is 32.1. The number of carbonyl (C=O) groups is 2. The molecule has 1 aromatic heterocycles. The SMILES string of the molecule is Cc1cccc(C)c1C(=O)NC(C)c1nc(C(=O)O)cs1. The lowest BCUT2D eigenvalue weighted by atomic mass is 10.0. The summed E-state index contributed by atoms with van der Waals surface area (Å²) in [5.74, 6) is -1.24. The molecule has 2 rings (SSSR count). The molecule has 1 unspecified atom stereocenters. The Labute approximate surface area is 126 Å². The van der Waals surface area contributed by atoms with Crippen molar-refractivity contribution in [3.63, 3.8) is 0 Å². The van der Waals surface area contributed by atoms with Crippen LogP contribution in [0.15, 0.2) is 23.6 Å². The van der Waals surface area contributed by atoms with Gasteiger partial charge in [-0.25, -0.2) is 9.78 Å². The molecular weight excluding hydrogens is 288 g/mol.